The second kappa shape index (κ2) is 10.1. The molecule has 1 aliphatic rings. The van der Waals surface area contributed by atoms with Crippen LogP contribution in [0.4, 0.5) is 9.59 Å². The monoisotopic (exact) mass is 346 g/mol. The largest absolute Gasteiger partial charge is 0.508 e. The number of ether oxygens (including phenoxy) is 6. The first-order valence-electron chi connectivity index (χ1n) is 7.80. The molecule has 0 amide bonds. The number of methoxy groups -OCH3 is 2. The van der Waals surface area contributed by atoms with Crippen LogP contribution in [0, 0.1) is 0 Å². The Balaban J connectivity index is 2.37. The van der Waals surface area contributed by atoms with Crippen LogP contribution in [0.2, 0.25) is 0 Å². The molecule has 0 spiro atoms. The SMILES string of the molecule is COC(=O)OC/C=C/C(CCCC1COC(C)(C)O1)OC(=O)OC. The lowest BCUT2D eigenvalue weighted by Crippen LogP contribution is -2.22. The van der Waals surface area contributed by atoms with Crippen molar-refractivity contribution in [2.45, 2.75) is 51.1 Å². The molecule has 1 fully saturated rings. The standard InChI is InChI=1S/C16H26O8/c1-16(2)22-11-13(24-16)8-5-7-12(23-15(18)20-4)9-6-10-21-14(17)19-3/h6,9,12-13H,5,7-8,10-11H2,1-4H3/b9-6+. The summed E-state index contributed by atoms with van der Waals surface area (Å²) in [5, 5.41) is 0. The summed E-state index contributed by atoms with van der Waals surface area (Å²) in [4.78, 5) is 22.1. The van der Waals surface area contributed by atoms with Crippen LogP contribution >= 0.6 is 0 Å². The van der Waals surface area contributed by atoms with Crippen molar-refractivity contribution in [1.82, 2.24) is 0 Å². The predicted octanol–water partition coefficient (Wildman–Crippen LogP) is 2.80. The molecular formula is C16H26O8. The Morgan fingerprint density at radius 1 is 1.25 bits per heavy atom. The molecule has 0 aromatic rings. The van der Waals surface area contributed by atoms with Crippen LogP contribution in [0.15, 0.2) is 12.2 Å². The van der Waals surface area contributed by atoms with Gasteiger partial charge in [-0.15, -0.1) is 0 Å². The van der Waals surface area contributed by atoms with E-state index in [2.05, 4.69) is 9.47 Å². The first kappa shape index (κ1) is 20.2. The fourth-order valence-corrected chi connectivity index (χ4v) is 2.20. The van der Waals surface area contributed by atoms with E-state index in [0.29, 0.717) is 13.0 Å². The van der Waals surface area contributed by atoms with E-state index in [4.69, 9.17) is 18.9 Å². The molecule has 0 aromatic heterocycles. The molecule has 1 aliphatic heterocycles. The second-order valence-corrected chi connectivity index (χ2v) is 5.69. The van der Waals surface area contributed by atoms with Gasteiger partial charge in [0, 0.05) is 0 Å². The van der Waals surface area contributed by atoms with Gasteiger partial charge in [-0.2, -0.15) is 0 Å². The Bertz CT molecular complexity index is 432. The first-order chi connectivity index (χ1) is 11.4. The molecular weight excluding hydrogens is 320 g/mol. The van der Waals surface area contributed by atoms with E-state index in [1.165, 1.54) is 14.2 Å². The van der Waals surface area contributed by atoms with Gasteiger partial charge < -0.3 is 28.4 Å². The molecule has 0 aromatic carbocycles. The molecule has 8 heteroatoms. The normalized spacial score (nSPS) is 20.6. The fourth-order valence-electron chi connectivity index (χ4n) is 2.20. The van der Waals surface area contributed by atoms with Gasteiger partial charge in [0.2, 0.25) is 0 Å². The molecule has 2 unspecified atom stereocenters. The van der Waals surface area contributed by atoms with E-state index in [-0.39, 0.29) is 12.7 Å². The van der Waals surface area contributed by atoms with Crippen LogP contribution in [0.1, 0.15) is 33.1 Å². The van der Waals surface area contributed by atoms with Crippen LogP contribution in [-0.2, 0) is 28.4 Å². The molecule has 8 nitrogen and oxygen atoms in total. The number of hydrogen-bond donors (Lipinski definition) is 0. The number of rotatable bonds is 8. The third-order valence-corrected chi connectivity index (χ3v) is 3.31. The number of carbonyl (C=O) groups excluding carboxylic acids is 2. The van der Waals surface area contributed by atoms with Crippen molar-refractivity contribution >= 4 is 12.3 Å². The highest BCUT2D eigenvalue weighted by atomic mass is 16.7. The summed E-state index contributed by atoms with van der Waals surface area (Å²) in [7, 11) is 2.47. The Kier molecular flexibility index (Phi) is 8.56. The lowest BCUT2D eigenvalue weighted by atomic mass is 10.1. The third kappa shape index (κ3) is 8.16. The summed E-state index contributed by atoms with van der Waals surface area (Å²) in [6, 6.07) is 0. The average molecular weight is 346 g/mol. The fraction of sp³-hybridized carbons (Fsp3) is 0.750. The highest BCUT2D eigenvalue weighted by Crippen LogP contribution is 2.25. The van der Waals surface area contributed by atoms with Gasteiger partial charge in [0.1, 0.15) is 12.7 Å². The van der Waals surface area contributed by atoms with E-state index in [1.54, 1.807) is 12.2 Å². The highest BCUT2D eigenvalue weighted by molar-refractivity contribution is 5.60. The maximum absolute atomic E-state index is 11.3. The van der Waals surface area contributed by atoms with Gasteiger partial charge in [-0.3, -0.25) is 0 Å². The summed E-state index contributed by atoms with van der Waals surface area (Å²) in [5.74, 6) is -0.544. The van der Waals surface area contributed by atoms with Gasteiger partial charge in [0.15, 0.2) is 5.79 Å². The van der Waals surface area contributed by atoms with Crippen molar-refractivity contribution in [3.05, 3.63) is 12.2 Å². The van der Waals surface area contributed by atoms with E-state index >= 15 is 0 Å². The Morgan fingerprint density at radius 3 is 2.54 bits per heavy atom. The van der Waals surface area contributed by atoms with Crippen molar-refractivity contribution < 1.29 is 38.0 Å². The van der Waals surface area contributed by atoms with Crippen LogP contribution in [-0.4, -0.2) is 57.7 Å². The molecule has 0 bridgehead atoms. The molecule has 0 saturated carbocycles. The van der Waals surface area contributed by atoms with Gasteiger partial charge in [-0.25, -0.2) is 9.59 Å². The smallest absolute Gasteiger partial charge is 0.438 e. The van der Waals surface area contributed by atoms with Crippen molar-refractivity contribution in [1.29, 1.82) is 0 Å². The summed E-state index contributed by atoms with van der Waals surface area (Å²) >= 11 is 0. The minimum atomic E-state index is -0.772. The van der Waals surface area contributed by atoms with Crippen LogP contribution in [0.25, 0.3) is 0 Å². The molecule has 0 radical (unpaired) electrons. The van der Waals surface area contributed by atoms with E-state index in [1.807, 2.05) is 13.8 Å². The Labute approximate surface area is 142 Å². The average Bonchev–Trinajstić information content (AvgIpc) is 2.89. The first-order valence-corrected chi connectivity index (χ1v) is 7.80. The number of carbonyl (C=O) groups is 2. The van der Waals surface area contributed by atoms with Gasteiger partial charge >= 0.3 is 12.3 Å². The van der Waals surface area contributed by atoms with Crippen molar-refractivity contribution in [2.75, 3.05) is 27.4 Å². The van der Waals surface area contributed by atoms with Gasteiger partial charge in [0.05, 0.1) is 26.9 Å². The molecule has 1 saturated heterocycles. The van der Waals surface area contributed by atoms with E-state index in [9.17, 15) is 9.59 Å². The topological polar surface area (TPSA) is 89.5 Å². The zero-order valence-corrected chi connectivity index (χ0v) is 14.6. The second-order valence-electron chi connectivity index (χ2n) is 5.69. The van der Waals surface area contributed by atoms with Gasteiger partial charge in [0.25, 0.3) is 0 Å². The van der Waals surface area contributed by atoms with Crippen LogP contribution in [0.5, 0.6) is 0 Å². The number of hydrogen-bond acceptors (Lipinski definition) is 8. The molecule has 2 atom stereocenters. The van der Waals surface area contributed by atoms with Crippen molar-refractivity contribution in [3.63, 3.8) is 0 Å². The van der Waals surface area contributed by atoms with Crippen molar-refractivity contribution in [2.24, 2.45) is 0 Å². The van der Waals surface area contributed by atoms with Crippen LogP contribution < -0.4 is 0 Å². The van der Waals surface area contributed by atoms with Crippen molar-refractivity contribution in [3.8, 4) is 0 Å². The summed E-state index contributed by atoms with van der Waals surface area (Å²) < 4.78 is 30.0. The lowest BCUT2D eigenvalue weighted by Gasteiger charge is -2.17. The third-order valence-electron chi connectivity index (χ3n) is 3.31. The highest BCUT2D eigenvalue weighted by Gasteiger charge is 2.32. The molecule has 1 rings (SSSR count). The van der Waals surface area contributed by atoms with Crippen LogP contribution in [0.3, 0.4) is 0 Å². The zero-order valence-electron chi connectivity index (χ0n) is 14.6. The molecule has 0 N–H and O–H groups in total. The minimum Gasteiger partial charge on any atom is -0.438 e. The van der Waals surface area contributed by atoms with Gasteiger partial charge in [-0.1, -0.05) is 0 Å². The molecule has 0 aliphatic carbocycles. The Hall–Kier alpha value is -1.80. The summed E-state index contributed by atoms with van der Waals surface area (Å²) in [6.45, 7) is 4.33. The molecule has 24 heavy (non-hydrogen) atoms. The minimum absolute atomic E-state index is 0.0292. The lowest BCUT2D eigenvalue weighted by molar-refractivity contribution is -0.139. The van der Waals surface area contributed by atoms with E-state index in [0.717, 1.165) is 12.8 Å². The van der Waals surface area contributed by atoms with Gasteiger partial charge in [-0.05, 0) is 45.3 Å². The maximum Gasteiger partial charge on any atom is 0.508 e. The molecule has 1 heterocycles. The maximum atomic E-state index is 11.3. The predicted molar refractivity (Wildman–Crippen MR) is 83.5 cm³/mol. The summed E-state index contributed by atoms with van der Waals surface area (Å²) in [6.07, 6.45) is 3.40. The quantitative estimate of drug-likeness (QED) is 0.489. The Morgan fingerprint density at radius 2 is 1.96 bits per heavy atom. The molecule has 138 valence electrons. The zero-order chi connectivity index (χ0) is 18.0. The van der Waals surface area contributed by atoms with E-state index < -0.39 is 24.2 Å². The summed E-state index contributed by atoms with van der Waals surface area (Å²) in [5.41, 5.74) is 0.